The van der Waals surface area contributed by atoms with Gasteiger partial charge in [-0.2, -0.15) is 0 Å². The minimum Gasteiger partial charge on any atom is -0.419 e. The molecule has 1 aliphatic carbocycles. The summed E-state index contributed by atoms with van der Waals surface area (Å²) in [6.07, 6.45) is 7.45. The van der Waals surface area contributed by atoms with Crippen molar-refractivity contribution in [2.45, 2.75) is 38.6 Å². The lowest BCUT2D eigenvalue weighted by Gasteiger charge is -2.20. The largest absolute Gasteiger partial charge is 0.419 e. The van der Waals surface area contributed by atoms with Gasteiger partial charge in [0.05, 0.1) is 5.69 Å². The van der Waals surface area contributed by atoms with Gasteiger partial charge in [0.1, 0.15) is 12.0 Å². The Morgan fingerprint density at radius 2 is 2.09 bits per heavy atom. The second kappa shape index (κ2) is 6.64. The van der Waals surface area contributed by atoms with E-state index in [1.807, 2.05) is 19.1 Å². The Labute approximate surface area is 135 Å². The van der Waals surface area contributed by atoms with Crippen LogP contribution in [0.4, 0.5) is 11.4 Å². The highest BCUT2D eigenvalue weighted by Gasteiger charge is 2.21. The van der Waals surface area contributed by atoms with Crippen molar-refractivity contribution in [3.8, 4) is 5.75 Å². The minimum atomic E-state index is -0.518. The lowest BCUT2D eigenvalue weighted by Crippen LogP contribution is -2.19. The quantitative estimate of drug-likeness (QED) is 0.512. The molecule has 120 valence electrons. The Morgan fingerprint density at radius 3 is 2.78 bits per heavy atom. The lowest BCUT2D eigenvalue weighted by atomic mass is 10.1. The molecule has 0 amide bonds. The standard InChI is InChI=1S/C17H20N4O2/c1-11-6-7-13(18)15(21-12-4-2-3-5-12)16(11)23-17(22)14-8-9-19-10-20-14/h6-10,12,21H,2-5,18H2,1H3. The highest BCUT2D eigenvalue weighted by atomic mass is 16.5. The third kappa shape index (κ3) is 3.41. The first kappa shape index (κ1) is 15.3. The number of esters is 1. The van der Waals surface area contributed by atoms with Crippen LogP contribution in [-0.2, 0) is 0 Å². The maximum absolute atomic E-state index is 12.3. The molecule has 1 aliphatic rings. The van der Waals surface area contributed by atoms with Crippen LogP contribution >= 0.6 is 0 Å². The van der Waals surface area contributed by atoms with Gasteiger partial charge in [0.2, 0.25) is 0 Å². The molecule has 3 rings (SSSR count). The number of aromatic nitrogens is 2. The molecule has 1 heterocycles. The van der Waals surface area contributed by atoms with E-state index in [1.54, 1.807) is 0 Å². The van der Waals surface area contributed by atoms with Gasteiger partial charge in [0, 0.05) is 12.2 Å². The van der Waals surface area contributed by atoms with Gasteiger partial charge in [0.25, 0.3) is 0 Å². The predicted molar refractivity (Wildman–Crippen MR) is 88.5 cm³/mol. The monoisotopic (exact) mass is 312 g/mol. The number of benzene rings is 1. The summed E-state index contributed by atoms with van der Waals surface area (Å²) >= 11 is 0. The molecular weight excluding hydrogens is 292 g/mol. The maximum atomic E-state index is 12.3. The Bertz CT molecular complexity index is 697. The van der Waals surface area contributed by atoms with Gasteiger partial charge in [-0.15, -0.1) is 0 Å². The van der Waals surface area contributed by atoms with E-state index >= 15 is 0 Å². The minimum absolute atomic E-state index is 0.216. The number of nitrogens with one attached hydrogen (secondary N) is 1. The number of aryl methyl sites for hydroxylation is 1. The number of ether oxygens (including phenoxy) is 1. The Hall–Kier alpha value is -2.63. The molecule has 0 aliphatic heterocycles. The summed E-state index contributed by atoms with van der Waals surface area (Å²) in [5, 5.41) is 3.44. The van der Waals surface area contributed by atoms with E-state index < -0.39 is 5.97 Å². The first-order valence-corrected chi connectivity index (χ1v) is 7.79. The van der Waals surface area contributed by atoms with Crippen molar-refractivity contribution in [3.05, 3.63) is 42.0 Å². The Kier molecular flexibility index (Phi) is 4.41. The molecule has 1 saturated carbocycles. The van der Waals surface area contributed by atoms with E-state index in [0.717, 1.165) is 18.4 Å². The van der Waals surface area contributed by atoms with Crippen molar-refractivity contribution in [2.75, 3.05) is 11.1 Å². The van der Waals surface area contributed by atoms with Crippen LogP contribution in [0, 0.1) is 6.92 Å². The number of carbonyl (C=O) groups excluding carboxylic acids is 1. The van der Waals surface area contributed by atoms with Gasteiger partial charge in [-0.05, 0) is 37.5 Å². The molecule has 3 N–H and O–H groups in total. The fourth-order valence-corrected chi connectivity index (χ4v) is 2.81. The molecule has 1 aromatic heterocycles. The van der Waals surface area contributed by atoms with E-state index in [2.05, 4.69) is 15.3 Å². The van der Waals surface area contributed by atoms with Crippen LogP contribution < -0.4 is 15.8 Å². The number of hydrogen-bond acceptors (Lipinski definition) is 6. The summed E-state index contributed by atoms with van der Waals surface area (Å²) in [5.41, 5.74) is 8.44. The van der Waals surface area contributed by atoms with Crippen LogP contribution in [0.3, 0.4) is 0 Å². The molecule has 0 bridgehead atoms. The fourth-order valence-electron chi connectivity index (χ4n) is 2.81. The SMILES string of the molecule is Cc1ccc(N)c(NC2CCCC2)c1OC(=O)c1ccncn1. The Morgan fingerprint density at radius 1 is 1.30 bits per heavy atom. The molecule has 0 unspecified atom stereocenters. The van der Waals surface area contributed by atoms with E-state index in [-0.39, 0.29) is 5.69 Å². The van der Waals surface area contributed by atoms with Crippen molar-refractivity contribution >= 4 is 17.3 Å². The van der Waals surface area contributed by atoms with Gasteiger partial charge in [-0.3, -0.25) is 0 Å². The van der Waals surface area contributed by atoms with Crippen LogP contribution in [0.1, 0.15) is 41.7 Å². The molecule has 0 atom stereocenters. The van der Waals surface area contributed by atoms with E-state index in [9.17, 15) is 4.79 Å². The van der Waals surface area contributed by atoms with Gasteiger partial charge >= 0.3 is 5.97 Å². The highest BCUT2D eigenvalue weighted by Crippen LogP contribution is 2.37. The van der Waals surface area contributed by atoms with Crippen molar-refractivity contribution in [1.29, 1.82) is 0 Å². The van der Waals surface area contributed by atoms with Crippen LogP contribution in [0.2, 0.25) is 0 Å². The summed E-state index contributed by atoms with van der Waals surface area (Å²) in [4.78, 5) is 20.0. The molecule has 23 heavy (non-hydrogen) atoms. The summed E-state index contributed by atoms with van der Waals surface area (Å²) in [6, 6.07) is 5.57. The van der Waals surface area contributed by atoms with Gasteiger partial charge in [-0.25, -0.2) is 14.8 Å². The topological polar surface area (TPSA) is 90.1 Å². The molecule has 0 saturated heterocycles. The number of carbonyl (C=O) groups is 1. The molecule has 1 aromatic carbocycles. The van der Waals surface area contributed by atoms with Crippen molar-refractivity contribution < 1.29 is 9.53 Å². The van der Waals surface area contributed by atoms with Crippen LogP contribution in [0.25, 0.3) is 0 Å². The number of nitrogens with two attached hydrogens (primary N) is 1. The summed E-state index contributed by atoms with van der Waals surface area (Å²) in [5.74, 6) is -0.0453. The first-order chi connectivity index (χ1) is 11.1. The predicted octanol–water partition coefficient (Wildman–Crippen LogP) is 2.94. The van der Waals surface area contributed by atoms with E-state index in [4.69, 9.17) is 10.5 Å². The van der Waals surface area contributed by atoms with Crippen LogP contribution in [-0.4, -0.2) is 22.0 Å². The number of hydrogen-bond donors (Lipinski definition) is 2. The molecule has 1 fully saturated rings. The van der Waals surface area contributed by atoms with Crippen molar-refractivity contribution in [1.82, 2.24) is 9.97 Å². The zero-order valence-electron chi connectivity index (χ0n) is 13.1. The van der Waals surface area contributed by atoms with Crippen LogP contribution in [0.15, 0.2) is 30.7 Å². The zero-order chi connectivity index (χ0) is 16.2. The molecule has 0 spiro atoms. The van der Waals surface area contributed by atoms with Gasteiger partial charge in [-0.1, -0.05) is 18.9 Å². The van der Waals surface area contributed by atoms with Crippen molar-refractivity contribution in [3.63, 3.8) is 0 Å². The van der Waals surface area contributed by atoms with Gasteiger partial charge < -0.3 is 15.8 Å². The highest BCUT2D eigenvalue weighted by molar-refractivity contribution is 5.91. The fraction of sp³-hybridized carbons (Fsp3) is 0.353. The molecule has 0 radical (unpaired) electrons. The molecule has 6 heteroatoms. The third-order valence-corrected chi connectivity index (χ3v) is 4.08. The third-order valence-electron chi connectivity index (χ3n) is 4.08. The lowest BCUT2D eigenvalue weighted by molar-refractivity contribution is 0.0728. The number of nitrogens with zero attached hydrogens (tertiary/aromatic N) is 2. The molecule has 6 nitrogen and oxygen atoms in total. The zero-order valence-corrected chi connectivity index (χ0v) is 13.1. The van der Waals surface area contributed by atoms with Gasteiger partial charge in [0.15, 0.2) is 11.4 Å². The summed E-state index contributed by atoms with van der Waals surface area (Å²) in [6.45, 7) is 1.89. The van der Waals surface area contributed by atoms with E-state index in [1.165, 1.54) is 31.4 Å². The maximum Gasteiger partial charge on any atom is 0.362 e. The van der Waals surface area contributed by atoms with Crippen LogP contribution in [0.5, 0.6) is 5.75 Å². The number of nitrogen functional groups attached to an aromatic ring is 1. The Balaban J connectivity index is 1.88. The summed E-state index contributed by atoms with van der Waals surface area (Å²) < 4.78 is 5.58. The van der Waals surface area contributed by atoms with Crippen molar-refractivity contribution in [2.24, 2.45) is 0 Å². The average molecular weight is 312 g/mol. The number of rotatable bonds is 4. The smallest absolute Gasteiger partial charge is 0.362 e. The second-order valence-corrected chi connectivity index (χ2v) is 5.79. The molecule has 2 aromatic rings. The average Bonchev–Trinajstić information content (AvgIpc) is 3.08. The number of anilines is 2. The second-order valence-electron chi connectivity index (χ2n) is 5.79. The molecular formula is C17H20N4O2. The van der Waals surface area contributed by atoms with E-state index in [0.29, 0.717) is 23.2 Å². The summed E-state index contributed by atoms with van der Waals surface area (Å²) in [7, 11) is 0. The first-order valence-electron chi connectivity index (χ1n) is 7.79. The normalized spacial score (nSPS) is 14.7.